The molecule has 1 amide bonds. The van der Waals surface area contributed by atoms with Gasteiger partial charge in [0.25, 0.3) is 0 Å². The smallest absolute Gasteiger partial charge is 0.237 e. The first-order chi connectivity index (χ1) is 13.9. The lowest BCUT2D eigenvalue weighted by Gasteiger charge is -2.22. The highest BCUT2D eigenvalue weighted by atomic mass is 32.2. The molecule has 2 aromatic heterocycles. The molecule has 1 aromatic carbocycles. The second-order valence-electron chi connectivity index (χ2n) is 6.65. The molecule has 0 saturated carbocycles. The average molecular weight is 411 g/mol. The molecule has 150 valence electrons. The van der Waals surface area contributed by atoms with E-state index < -0.39 is 0 Å². The molecule has 0 fully saturated rings. The van der Waals surface area contributed by atoms with Gasteiger partial charge in [-0.3, -0.25) is 4.79 Å². The van der Waals surface area contributed by atoms with Gasteiger partial charge in [0.15, 0.2) is 5.82 Å². The summed E-state index contributed by atoms with van der Waals surface area (Å²) in [5.41, 5.74) is 3.66. The van der Waals surface area contributed by atoms with Crippen molar-refractivity contribution in [3.63, 3.8) is 0 Å². The third kappa shape index (κ3) is 4.60. The van der Waals surface area contributed by atoms with Crippen molar-refractivity contribution in [2.45, 2.75) is 32.3 Å². The Kier molecular flexibility index (Phi) is 6.24. The van der Waals surface area contributed by atoms with Crippen LogP contribution in [0.3, 0.4) is 0 Å². The van der Waals surface area contributed by atoms with Crippen LogP contribution in [0.2, 0.25) is 0 Å². The zero-order valence-electron chi connectivity index (χ0n) is 16.5. The molecule has 0 aliphatic rings. The number of aromatic nitrogens is 3. The van der Waals surface area contributed by atoms with E-state index in [1.54, 1.807) is 17.2 Å². The monoisotopic (exact) mass is 410 g/mol. The number of aryl methyl sites for hydroxylation is 3. The lowest BCUT2D eigenvalue weighted by atomic mass is 10.1. The molecule has 9 heteroatoms. The number of furan rings is 1. The van der Waals surface area contributed by atoms with Crippen LogP contribution in [-0.4, -0.2) is 33.1 Å². The number of benzene rings is 1. The minimum absolute atomic E-state index is 0.123. The largest absolute Gasteiger partial charge is 0.469 e. The molecule has 0 aliphatic heterocycles. The standard InChI is InChI=1S/C20H22N6O2S/c1-13-9-14(2)11-16(10-13)25(7-4-6-21)18(27)12-29-20-24-23-19(26(20)22)17-5-8-28-15(17)3/h5,8-11H,4,7,12,22H2,1-3H3. The van der Waals surface area contributed by atoms with Gasteiger partial charge in [-0.25, -0.2) is 4.68 Å². The molecule has 0 unspecified atom stereocenters. The summed E-state index contributed by atoms with van der Waals surface area (Å²) in [7, 11) is 0. The number of nitrogens with two attached hydrogens (primary N) is 1. The summed E-state index contributed by atoms with van der Waals surface area (Å²) in [5, 5.41) is 17.6. The van der Waals surface area contributed by atoms with Crippen molar-refractivity contribution in [2.24, 2.45) is 0 Å². The Balaban J connectivity index is 1.76. The Hall–Kier alpha value is -3.25. The van der Waals surface area contributed by atoms with Gasteiger partial charge >= 0.3 is 0 Å². The number of thioether (sulfide) groups is 1. The fourth-order valence-electron chi connectivity index (χ4n) is 3.05. The average Bonchev–Trinajstić information content (AvgIpc) is 3.24. The van der Waals surface area contributed by atoms with E-state index in [-0.39, 0.29) is 18.1 Å². The Bertz CT molecular complexity index is 1050. The fourth-order valence-corrected chi connectivity index (χ4v) is 3.78. The van der Waals surface area contributed by atoms with Gasteiger partial charge in [0.1, 0.15) is 5.76 Å². The first kappa shape index (κ1) is 20.5. The van der Waals surface area contributed by atoms with Gasteiger partial charge < -0.3 is 15.2 Å². The molecule has 2 heterocycles. The summed E-state index contributed by atoms with van der Waals surface area (Å²) >= 11 is 1.20. The van der Waals surface area contributed by atoms with Crippen LogP contribution in [-0.2, 0) is 4.79 Å². The lowest BCUT2D eigenvalue weighted by molar-refractivity contribution is -0.116. The third-order valence-electron chi connectivity index (χ3n) is 4.36. The van der Waals surface area contributed by atoms with Gasteiger partial charge in [-0.1, -0.05) is 17.8 Å². The van der Waals surface area contributed by atoms with E-state index in [0.29, 0.717) is 23.3 Å². The molecule has 8 nitrogen and oxygen atoms in total. The van der Waals surface area contributed by atoms with E-state index in [1.165, 1.54) is 16.4 Å². The van der Waals surface area contributed by atoms with Crippen LogP contribution in [0.4, 0.5) is 5.69 Å². The normalized spacial score (nSPS) is 10.7. The predicted molar refractivity (Wildman–Crippen MR) is 112 cm³/mol. The molecule has 2 N–H and O–H groups in total. The van der Waals surface area contributed by atoms with E-state index in [0.717, 1.165) is 22.4 Å². The molecule has 0 saturated heterocycles. The predicted octanol–water partition coefficient (Wildman–Crippen LogP) is 3.22. The van der Waals surface area contributed by atoms with Crippen molar-refractivity contribution in [2.75, 3.05) is 23.0 Å². The number of nitrogens with zero attached hydrogens (tertiary/aromatic N) is 5. The highest BCUT2D eigenvalue weighted by Gasteiger charge is 2.20. The van der Waals surface area contributed by atoms with E-state index in [1.807, 2.05) is 39.0 Å². The Morgan fingerprint density at radius 2 is 2.00 bits per heavy atom. The maximum Gasteiger partial charge on any atom is 0.237 e. The maximum absolute atomic E-state index is 12.9. The number of hydrogen-bond donors (Lipinski definition) is 1. The first-order valence-corrected chi connectivity index (χ1v) is 10.0. The zero-order valence-corrected chi connectivity index (χ0v) is 17.4. The van der Waals surface area contributed by atoms with Crippen LogP contribution < -0.4 is 10.7 Å². The molecule has 0 bridgehead atoms. The summed E-state index contributed by atoms with van der Waals surface area (Å²) in [4.78, 5) is 14.6. The first-order valence-electron chi connectivity index (χ1n) is 9.04. The molecular formula is C20H22N6O2S. The number of amides is 1. The number of nitrogen functional groups attached to an aromatic ring is 1. The van der Waals surface area contributed by atoms with Gasteiger partial charge in [-0.2, -0.15) is 5.26 Å². The number of carbonyl (C=O) groups is 1. The Labute approximate surface area is 173 Å². The number of nitriles is 1. The molecule has 3 aromatic rings. The molecular weight excluding hydrogens is 388 g/mol. The highest BCUT2D eigenvalue weighted by molar-refractivity contribution is 7.99. The second-order valence-corrected chi connectivity index (χ2v) is 7.60. The lowest BCUT2D eigenvalue weighted by Crippen LogP contribution is -2.33. The summed E-state index contributed by atoms with van der Waals surface area (Å²) in [6, 6.07) is 9.80. The number of anilines is 1. The van der Waals surface area contributed by atoms with Crippen LogP contribution in [0.15, 0.2) is 40.1 Å². The van der Waals surface area contributed by atoms with Crippen LogP contribution in [0.5, 0.6) is 0 Å². The van der Waals surface area contributed by atoms with E-state index in [9.17, 15) is 4.79 Å². The van der Waals surface area contributed by atoms with Gasteiger partial charge in [-0.05, 0) is 50.1 Å². The second kappa shape index (κ2) is 8.84. The van der Waals surface area contributed by atoms with Gasteiger partial charge in [0.2, 0.25) is 11.1 Å². The Morgan fingerprint density at radius 1 is 1.28 bits per heavy atom. The summed E-state index contributed by atoms with van der Waals surface area (Å²) in [6.45, 7) is 6.10. The summed E-state index contributed by atoms with van der Waals surface area (Å²) in [5.74, 6) is 7.28. The molecule has 3 rings (SSSR count). The zero-order chi connectivity index (χ0) is 21.0. The van der Waals surface area contributed by atoms with Crippen molar-refractivity contribution in [3.05, 3.63) is 47.4 Å². The number of hydrogen-bond acceptors (Lipinski definition) is 7. The molecule has 0 atom stereocenters. The summed E-state index contributed by atoms with van der Waals surface area (Å²) in [6.07, 6.45) is 1.81. The Morgan fingerprint density at radius 3 is 2.62 bits per heavy atom. The topological polar surface area (TPSA) is 114 Å². The van der Waals surface area contributed by atoms with Crippen LogP contribution >= 0.6 is 11.8 Å². The van der Waals surface area contributed by atoms with Gasteiger partial charge in [0.05, 0.1) is 30.1 Å². The molecule has 29 heavy (non-hydrogen) atoms. The number of carbonyl (C=O) groups excluding carboxylic acids is 1. The SMILES string of the molecule is Cc1cc(C)cc(N(CCC#N)C(=O)CSc2nnc(-c3ccoc3C)n2N)c1. The van der Waals surface area contributed by atoms with Crippen LogP contribution in [0.1, 0.15) is 23.3 Å². The fraction of sp³-hybridized carbons (Fsp3) is 0.300. The van der Waals surface area contributed by atoms with E-state index in [4.69, 9.17) is 15.5 Å². The van der Waals surface area contributed by atoms with Crippen molar-refractivity contribution in [1.82, 2.24) is 14.9 Å². The van der Waals surface area contributed by atoms with E-state index in [2.05, 4.69) is 16.3 Å². The van der Waals surface area contributed by atoms with E-state index >= 15 is 0 Å². The third-order valence-corrected chi connectivity index (χ3v) is 5.28. The number of rotatable bonds is 7. The summed E-state index contributed by atoms with van der Waals surface area (Å²) < 4.78 is 6.64. The van der Waals surface area contributed by atoms with Gasteiger partial charge in [-0.15, -0.1) is 10.2 Å². The van der Waals surface area contributed by atoms with Crippen molar-refractivity contribution < 1.29 is 9.21 Å². The molecule has 0 radical (unpaired) electrons. The van der Waals surface area contributed by atoms with Crippen molar-refractivity contribution in [1.29, 1.82) is 5.26 Å². The van der Waals surface area contributed by atoms with Gasteiger partial charge in [0, 0.05) is 12.2 Å². The van der Waals surface area contributed by atoms with Crippen LogP contribution in [0, 0.1) is 32.1 Å². The van der Waals surface area contributed by atoms with Crippen molar-refractivity contribution in [3.8, 4) is 17.5 Å². The van der Waals surface area contributed by atoms with Crippen LogP contribution in [0.25, 0.3) is 11.4 Å². The highest BCUT2D eigenvalue weighted by Crippen LogP contribution is 2.26. The van der Waals surface area contributed by atoms with Crippen molar-refractivity contribution >= 4 is 23.4 Å². The maximum atomic E-state index is 12.9. The minimum atomic E-state index is -0.126. The molecule has 0 spiro atoms. The quantitative estimate of drug-likeness (QED) is 0.470. The minimum Gasteiger partial charge on any atom is -0.469 e. The molecule has 0 aliphatic carbocycles.